The van der Waals surface area contributed by atoms with Crippen LogP contribution in [0.5, 0.6) is 0 Å². The van der Waals surface area contributed by atoms with Crippen molar-refractivity contribution in [1.82, 2.24) is 0 Å². The minimum atomic E-state index is -1.59. The third-order valence-electron chi connectivity index (χ3n) is 7.84. The average Bonchev–Trinajstić information content (AvgIpc) is 3.03. The molecule has 1 heterocycles. The number of carbonyl (C=O) groups is 2. The lowest BCUT2D eigenvalue weighted by atomic mass is 9.99. The summed E-state index contributed by atoms with van der Waals surface area (Å²) in [4.78, 5) is 24.7. The maximum Gasteiger partial charge on any atom is 0.306 e. The summed E-state index contributed by atoms with van der Waals surface area (Å²) in [7, 11) is 0. The zero-order chi connectivity index (χ0) is 33.1. The third kappa shape index (κ3) is 20.1. The number of allylic oxidation sites excluding steroid dienone is 4. The van der Waals surface area contributed by atoms with E-state index in [1.54, 1.807) is 0 Å². The van der Waals surface area contributed by atoms with E-state index in [0.29, 0.717) is 12.8 Å². The number of ether oxygens (including phenoxy) is 4. The summed E-state index contributed by atoms with van der Waals surface area (Å²) in [6.45, 7) is 3.17. The monoisotopic (exact) mass is 642 g/mol. The molecule has 262 valence electrons. The Morgan fingerprint density at radius 2 is 1.24 bits per heavy atom. The Hall–Kier alpha value is -1.82. The van der Waals surface area contributed by atoms with E-state index in [0.717, 1.165) is 44.9 Å². The van der Waals surface area contributed by atoms with Gasteiger partial charge in [0.1, 0.15) is 31.0 Å². The summed E-state index contributed by atoms with van der Waals surface area (Å²) in [5.74, 6) is -0.847. The van der Waals surface area contributed by atoms with Gasteiger partial charge in [-0.15, -0.1) is 0 Å². The average molecular weight is 643 g/mol. The van der Waals surface area contributed by atoms with Crippen molar-refractivity contribution in [3.63, 3.8) is 0 Å². The molecule has 1 aliphatic rings. The van der Waals surface area contributed by atoms with Crippen LogP contribution in [0.1, 0.15) is 129 Å². The number of hydrogen-bond donors (Lipinski definition) is 4. The fourth-order valence-corrected chi connectivity index (χ4v) is 4.98. The standard InChI is InChI=1S/C35H62O10/c1-3-5-7-8-9-10-11-12-13-14-15-16-17-18-19-20-22-24-31(38)44-28(26-42-30(37)23-21-6-4-2)27-43-35-34(41)33(40)32(39)29(25-36)45-35/h9-10,12-13,28-29,32-36,39-41H,3-8,11,14-27H2,1-2H3/b10-9-,13-12-. The van der Waals surface area contributed by atoms with Crippen molar-refractivity contribution >= 4 is 11.9 Å². The first kappa shape index (κ1) is 41.2. The van der Waals surface area contributed by atoms with E-state index in [9.17, 15) is 30.0 Å². The van der Waals surface area contributed by atoms with Crippen molar-refractivity contribution in [2.75, 3.05) is 19.8 Å². The first-order chi connectivity index (χ1) is 21.8. The van der Waals surface area contributed by atoms with Crippen LogP contribution in [0.25, 0.3) is 0 Å². The van der Waals surface area contributed by atoms with Crippen LogP contribution in [0.4, 0.5) is 0 Å². The summed E-state index contributed by atoms with van der Waals surface area (Å²) in [5, 5.41) is 39.6. The molecule has 0 aromatic rings. The highest BCUT2D eigenvalue weighted by atomic mass is 16.7. The molecule has 0 aromatic heterocycles. The van der Waals surface area contributed by atoms with Gasteiger partial charge in [0.2, 0.25) is 0 Å². The van der Waals surface area contributed by atoms with Crippen LogP contribution in [-0.4, -0.2) is 89.0 Å². The maximum atomic E-state index is 12.6. The highest BCUT2D eigenvalue weighted by Gasteiger charge is 2.44. The molecule has 45 heavy (non-hydrogen) atoms. The number of rotatable bonds is 27. The molecule has 1 aliphatic heterocycles. The van der Waals surface area contributed by atoms with Gasteiger partial charge in [-0.25, -0.2) is 0 Å². The summed E-state index contributed by atoms with van der Waals surface area (Å²) in [5.41, 5.74) is 0. The molecule has 0 saturated carbocycles. The molecule has 0 amide bonds. The first-order valence-electron chi connectivity index (χ1n) is 17.4. The highest BCUT2D eigenvalue weighted by molar-refractivity contribution is 5.70. The van der Waals surface area contributed by atoms with E-state index in [4.69, 9.17) is 18.9 Å². The van der Waals surface area contributed by atoms with Crippen LogP contribution < -0.4 is 0 Å². The van der Waals surface area contributed by atoms with Gasteiger partial charge in [0.25, 0.3) is 0 Å². The van der Waals surface area contributed by atoms with Crippen LogP contribution in [-0.2, 0) is 28.5 Å². The molecular formula is C35H62O10. The Bertz CT molecular complexity index is 799. The summed E-state index contributed by atoms with van der Waals surface area (Å²) in [6, 6.07) is 0. The molecule has 6 atom stereocenters. The number of esters is 2. The lowest BCUT2D eigenvalue weighted by Crippen LogP contribution is -2.59. The van der Waals surface area contributed by atoms with Gasteiger partial charge >= 0.3 is 11.9 Å². The number of hydrogen-bond acceptors (Lipinski definition) is 10. The van der Waals surface area contributed by atoms with Gasteiger partial charge in [-0.05, 0) is 44.9 Å². The predicted octanol–water partition coefficient (Wildman–Crippen LogP) is 5.43. The SMILES string of the molecule is CCCCC/C=C\C/C=C\CCCCCCCCCC(=O)OC(COC(=O)CCCCC)COC1OC(CO)C(O)C(O)C1O. The minimum absolute atomic E-state index is 0.221. The lowest BCUT2D eigenvalue weighted by molar-refractivity contribution is -0.305. The molecule has 0 spiro atoms. The van der Waals surface area contributed by atoms with Crippen LogP contribution in [0, 0.1) is 0 Å². The summed E-state index contributed by atoms with van der Waals surface area (Å²) in [6.07, 6.45) is 18.5. The first-order valence-corrected chi connectivity index (χ1v) is 17.4. The molecule has 1 fully saturated rings. The van der Waals surface area contributed by atoms with Crippen molar-refractivity contribution < 1.29 is 49.0 Å². The van der Waals surface area contributed by atoms with E-state index in [2.05, 4.69) is 31.2 Å². The van der Waals surface area contributed by atoms with E-state index in [-0.39, 0.29) is 26.1 Å². The van der Waals surface area contributed by atoms with Gasteiger partial charge in [0, 0.05) is 12.8 Å². The maximum absolute atomic E-state index is 12.6. The Labute approximate surface area is 271 Å². The number of aliphatic hydroxyl groups is 4. The Balaban J connectivity index is 2.31. The molecule has 6 unspecified atom stereocenters. The zero-order valence-corrected chi connectivity index (χ0v) is 27.9. The van der Waals surface area contributed by atoms with Crippen molar-refractivity contribution in [1.29, 1.82) is 0 Å². The van der Waals surface area contributed by atoms with Crippen LogP contribution in [0.3, 0.4) is 0 Å². The number of unbranched alkanes of at least 4 members (excludes halogenated alkanes) is 12. The second-order valence-corrected chi connectivity index (χ2v) is 12.0. The molecule has 10 heteroatoms. The van der Waals surface area contributed by atoms with E-state index >= 15 is 0 Å². The van der Waals surface area contributed by atoms with Crippen LogP contribution in [0.15, 0.2) is 24.3 Å². The zero-order valence-electron chi connectivity index (χ0n) is 27.9. The van der Waals surface area contributed by atoms with Gasteiger partial charge in [0.05, 0.1) is 13.2 Å². The van der Waals surface area contributed by atoms with Crippen molar-refractivity contribution in [3.05, 3.63) is 24.3 Å². The van der Waals surface area contributed by atoms with Gasteiger partial charge in [-0.1, -0.05) is 95.9 Å². The Kier molecular flexibility index (Phi) is 25.0. The normalized spacial score (nSPS) is 22.7. The lowest BCUT2D eigenvalue weighted by Gasteiger charge is -2.39. The molecule has 10 nitrogen and oxygen atoms in total. The fourth-order valence-electron chi connectivity index (χ4n) is 4.98. The van der Waals surface area contributed by atoms with Crippen molar-refractivity contribution in [3.8, 4) is 0 Å². The van der Waals surface area contributed by atoms with Gasteiger partial charge in [0.15, 0.2) is 12.4 Å². The molecule has 0 radical (unpaired) electrons. The van der Waals surface area contributed by atoms with Gasteiger partial charge in [-0.2, -0.15) is 0 Å². The van der Waals surface area contributed by atoms with Crippen molar-refractivity contribution in [2.24, 2.45) is 0 Å². The topological polar surface area (TPSA) is 152 Å². The van der Waals surface area contributed by atoms with Crippen LogP contribution >= 0.6 is 0 Å². The van der Waals surface area contributed by atoms with Gasteiger partial charge < -0.3 is 39.4 Å². The second kappa shape index (κ2) is 27.3. The minimum Gasteiger partial charge on any atom is -0.462 e. The summed E-state index contributed by atoms with van der Waals surface area (Å²) >= 11 is 0. The number of carbonyl (C=O) groups excluding carboxylic acids is 2. The largest absolute Gasteiger partial charge is 0.462 e. The predicted molar refractivity (Wildman–Crippen MR) is 173 cm³/mol. The molecule has 0 bridgehead atoms. The molecule has 0 aliphatic carbocycles. The van der Waals surface area contributed by atoms with Gasteiger partial charge in [-0.3, -0.25) is 9.59 Å². The quantitative estimate of drug-likeness (QED) is 0.0518. The van der Waals surface area contributed by atoms with E-state index < -0.39 is 55.4 Å². The van der Waals surface area contributed by atoms with Crippen LogP contribution in [0.2, 0.25) is 0 Å². The third-order valence-corrected chi connectivity index (χ3v) is 7.84. The van der Waals surface area contributed by atoms with E-state index in [1.165, 1.54) is 44.9 Å². The second-order valence-electron chi connectivity index (χ2n) is 12.0. The van der Waals surface area contributed by atoms with Crippen molar-refractivity contribution in [2.45, 2.75) is 166 Å². The Morgan fingerprint density at radius 1 is 0.689 bits per heavy atom. The molecule has 0 aromatic carbocycles. The highest BCUT2D eigenvalue weighted by Crippen LogP contribution is 2.22. The smallest absolute Gasteiger partial charge is 0.306 e. The summed E-state index contributed by atoms with van der Waals surface area (Å²) < 4.78 is 21.7. The molecule has 1 saturated heterocycles. The van der Waals surface area contributed by atoms with E-state index in [1.807, 2.05) is 6.92 Å². The fraction of sp³-hybridized carbons (Fsp3) is 0.829. The number of aliphatic hydroxyl groups excluding tert-OH is 4. The Morgan fingerprint density at radius 3 is 1.89 bits per heavy atom. The molecule has 4 N–H and O–H groups in total. The molecular weight excluding hydrogens is 580 g/mol. The molecule has 1 rings (SSSR count).